The van der Waals surface area contributed by atoms with Gasteiger partial charge in [-0.2, -0.15) is 0 Å². The molecule has 0 saturated carbocycles. The second-order valence-electron chi connectivity index (χ2n) is 6.97. The summed E-state index contributed by atoms with van der Waals surface area (Å²) in [6.07, 6.45) is 0.822. The number of aryl methyl sites for hydroxylation is 1. The molecular weight excluding hydrogens is 396 g/mol. The van der Waals surface area contributed by atoms with Crippen LogP contribution in [0.1, 0.15) is 45.4 Å². The topological polar surface area (TPSA) is 97.6 Å². The lowest BCUT2D eigenvalue weighted by atomic mass is 10.1. The highest BCUT2D eigenvalue weighted by Crippen LogP contribution is 2.19. The average molecular weight is 420 g/mol. The standard InChI is InChI=1S/C24H24N2O5/c1-3-20(22(27)25-15-17-8-5-4-6-9-17)31-24(29)18-12-11-16(2)19(14-18)26-23(28)21-10-7-13-30-21/h4-14,20H,3,15H2,1-2H3,(H,25,27)(H,26,28). The molecule has 2 aromatic carbocycles. The molecule has 0 aliphatic heterocycles. The van der Waals surface area contributed by atoms with E-state index in [1.54, 1.807) is 38.1 Å². The number of hydrogen-bond acceptors (Lipinski definition) is 5. The molecule has 3 aromatic rings. The van der Waals surface area contributed by atoms with Gasteiger partial charge in [0.15, 0.2) is 11.9 Å². The number of hydrogen-bond donors (Lipinski definition) is 2. The Kier molecular flexibility index (Phi) is 7.22. The number of furan rings is 1. The zero-order chi connectivity index (χ0) is 22.2. The van der Waals surface area contributed by atoms with Gasteiger partial charge in [0.1, 0.15) is 0 Å². The molecule has 1 aromatic heterocycles. The van der Waals surface area contributed by atoms with E-state index >= 15 is 0 Å². The molecule has 2 amide bonds. The average Bonchev–Trinajstić information content (AvgIpc) is 3.33. The first kappa shape index (κ1) is 21.8. The molecule has 2 N–H and O–H groups in total. The summed E-state index contributed by atoms with van der Waals surface area (Å²) < 4.78 is 10.5. The van der Waals surface area contributed by atoms with Crippen LogP contribution in [0, 0.1) is 6.92 Å². The number of anilines is 1. The van der Waals surface area contributed by atoms with Crippen LogP contribution in [0.3, 0.4) is 0 Å². The van der Waals surface area contributed by atoms with Gasteiger partial charge in [-0.15, -0.1) is 0 Å². The minimum Gasteiger partial charge on any atom is -0.459 e. The molecule has 3 rings (SSSR count). The van der Waals surface area contributed by atoms with E-state index in [0.717, 1.165) is 11.1 Å². The van der Waals surface area contributed by atoms with Crippen LogP contribution in [0.5, 0.6) is 0 Å². The Bertz CT molecular complexity index is 1050. The lowest BCUT2D eigenvalue weighted by molar-refractivity contribution is -0.130. The van der Waals surface area contributed by atoms with E-state index in [2.05, 4.69) is 10.6 Å². The molecule has 1 heterocycles. The number of amides is 2. The molecule has 31 heavy (non-hydrogen) atoms. The summed E-state index contributed by atoms with van der Waals surface area (Å²) in [5.41, 5.74) is 2.41. The Hall–Kier alpha value is -3.87. The quantitative estimate of drug-likeness (QED) is 0.535. The molecule has 7 nitrogen and oxygen atoms in total. The van der Waals surface area contributed by atoms with E-state index in [9.17, 15) is 14.4 Å². The molecule has 0 fully saturated rings. The van der Waals surface area contributed by atoms with E-state index in [0.29, 0.717) is 18.7 Å². The van der Waals surface area contributed by atoms with Gasteiger partial charge in [0.25, 0.3) is 11.8 Å². The van der Waals surface area contributed by atoms with Crippen LogP contribution in [0.25, 0.3) is 0 Å². The Labute approximate surface area is 180 Å². The summed E-state index contributed by atoms with van der Waals surface area (Å²) in [6, 6.07) is 17.4. The number of rotatable bonds is 8. The van der Waals surface area contributed by atoms with Crippen molar-refractivity contribution in [2.75, 3.05) is 5.32 Å². The van der Waals surface area contributed by atoms with Crippen LogP contribution in [0.15, 0.2) is 71.3 Å². The summed E-state index contributed by atoms with van der Waals surface area (Å²) in [6.45, 7) is 3.92. The molecular formula is C24H24N2O5. The summed E-state index contributed by atoms with van der Waals surface area (Å²) in [7, 11) is 0. The van der Waals surface area contributed by atoms with Gasteiger partial charge in [0.05, 0.1) is 11.8 Å². The maximum Gasteiger partial charge on any atom is 0.338 e. The van der Waals surface area contributed by atoms with E-state index in [-0.39, 0.29) is 17.2 Å². The van der Waals surface area contributed by atoms with Crippen molar-refractivity contribution in [2.45, 2.75) is 32.9 Å². The molecule has 0 spiro atoms. The van der Waals surface area contributed by atoms with Gasteiger partial charge >= 0.3 is 5.97 Å². The predicted octanol–water partition coefficient (Wildman–Crippen LogP) is 4.09. The monoisotopic (exact) mass is 420 g/mol. The van der Waals surface area contributed by atoms with Crippen LogP contribution in [0.4, 0.5) is 5.69 Å². The second-order valence-corrected chi connectivity index (χ2v) is 6.97. The normalized spacial score (nSPS) is 11.4. The van der Waals surface area contributed by atoms with Crippen molar-refractivity contribution in [1.82, 2.24) is 5.32 Å². The number of esters is 1. The Morgan fingerprint density at radius 3 is 2.48 bits per heavy atom. The summed E-state index contributed by atoms with van der Waals surface area (Å²) in [4.78, 5) is 37.3. The fraction of sp³-hybridized carbons (Fsp3) is 0.208. The van der Waals surface area contributed by atoms with Gasteiger partial charge in [-0.3, -0.25) is 9.59 Å². The maximum atomic E-state index is 12.6. The van der Waals surface area contributed by atoms with E-state index < -0.39 is 18.0 Å². The molecule has 0 saturated heterocycles. The lowest BCUT2D eigenvalue weighted by Gasteiger charge is -2.17. The number of nitrogens with one attached hydrogen (secondary N) is 2. The highest BCUT2D eigenvalue weighted by molar-refractivity contribution is 6.03. The van der Waals surface area contributed by atoms with E-state index in [4.69, 9.17) is 9.15 Å². The summed E-state index contributed by atoms with van der Waals surface area (Å²) >= 11 is 0. The molecule has 0 bridgehead atoms. The van der Waals surface area contributed by atoms with Crippen molar-refractivity contribution in [1.29, 1.82) is 0 Å². The zero-order valence-corrected chi connectivity index (χ0v) is 17.4. The highest BCUT2D eigenvalue weighted by atomic mass is 16.5. The molecule has 160 valence electrons. The van der Waals surface area contributed by atoms with Crippen molar-refractivity contribution in [3.05, 3.63) is 89.4 Å². The minimum absolute atomic E-state index is 0.161. The predicted molar refractivity (Wildman–Crippen MR) is 116 cm³/mol. The molecule has 1 atom stereocenters. The Balaban J connectivity index is 1.64. The zero-order valence-electron chi connectivity index (χ0n) is 17.4. The maximum absolute atomic E-state index is 12.6. The van der Waals surface area contributed by atoms with E-state index in [1.807, 2.05) is 30.3 Å². The second kappa shape index (κ2) is 10.2. The van der Waals surface area contributed by atoms with Gasteiger partial charge < -0.3 is 19.8 Å². The number of carbonyl (C=O) groups is 3. The van der Waals surface area contributed by atoms with Crippen molar-refractivity contribution in [3.8, 4) is 0 Å². The Morgan fingerprint density at radius 1 is 1.03 bits per heavy atom. The first-order valence-corrected chi connectivity index (χ1v) is 9.96. The molecule has 0 radical (unpaired) electrons. The largest absolute Gasteiger partial charge is 0.459 e. The van der Waals surface area contributed by atoms with Crippen LogP contribution in [-0.2, 0) is 16.1 Å². The number of benzene rings is 2. The van der Waals surface area contributed by atoms with Gasteiger partial charge in [-0.25, -0.2) is 4.79 Å². The first-order valence-electron chi connectivity index (χ1n) is 9.96. The SMILES string of the molecule is CCC(OC(=O)c1ccc(C)c(NC(=O)c2ccco2)c1)C(=O)NCc1ccccc1. The van der Waals surface area contributed by atoms with Crippen LogP contribution < -0.4 is 10.6 Å². The fourth-order valence-electron chi connectivity index (χ4n) is 2.89. The van der Waals surface area contributed by atoms with Crippen LogP contribution in [-0.4, -0.2) is 23.9 Å². The number of carbonyl (C=O) groups excluding carboxylic acids is 3. The molecule has 1 unspecified atom stereocenters. The smallest absolute Gasteiger partial charge is 0.338 e. The highest BCUT2D eigenvalue weighted by Gasteiger charge is 2.22. The fourth-order valence-corrected chi connectivity index (χ4v) is 2.89. The lowest BCUT2D eigenvalue weighted by Crippen LogP contribution is -2.37. The summed E-state index contributed by atoms with van der Waals surface area (Å²) in [5.74, 6) is -1.27. The molecule has 7 heteroatoms. The van der Waals surface area contributed by atoms with Gasteiger partial charge in [-0.05, 0) is 48.7 Å². The van der Waals surface area contributed by atoms with Crippen molar-refractivity contribution in [3.63, 3.8) is 0 Å². The molecule has 0 aliphatic carbocycles. The number of ether oxygens (including phenoxy) is 1. The third-order valence-electron chi connectivity index (χ3n) is 4.69. The van der Waals surface area contributed by atoms with Crippen LogP contribution in [0.2, 0.25) is 0 Å². The summed E-state index contributed by atoms with van der Waals surface area (Å²) in [5, 5.41) is 5.50. The van der Waals surface area contributed by atoms with Crippen molar-refractivity contribution < 1.29 is 23.5 Å². The van der Waals surface area contributed by atoms with Crippen molar-refractivity contribution >= 4 is 23.5 Å². The van der Waals surface area contributed by atoms with Gasteiger partial charge in [0.2, 0.25) is 0 Å². The van der Waals surface area contributed by atoms with E-state index in [1.165, 1.54) is 12.3 Å². The van der Waals surface area contributed by atoms with Crippen molar-refractivity contribution in [2.24, 2.45) is 0 Å². The van der Waals surface area contributed by atoms with Crippen LogP contribution >= 0.6 is 0 Å². The Morgan fingerprint density at radius 2 is 1.81 bits per heavy atom. The third-order valence-corrected chi connectivity index (χ3v) is 4.69. The first-order chi connectivity index (χ1) is 15.0. The minimum atomic E-state index is -0.918. The third kappa shape index (κ3) is 5.82. The van der Waals surface area contributed by atoms with Gasteiger partial charge in [0, 0.05) is 12.2 Å². The molecule has 0 aliphatic rings. The van der Waals surface area contributed by atoms with Gasteiger partial charge in [-0.1, -0.05) is 43.3 Å².